The van der Waals surface area contributed by atoms with Crippen molar-refractivity contribution in [1.29, 1.82) is 0 Å². The summed E-state index contributed by atoms with van der Waals surface area (Å²) < 4.78 is 27.8. The molecule has 2 atom stereocenters. The number of carbonyl (C=O) groups excluding carboxylic acids is 1. The minimum atomic E-state index is -3.84. The summed E-state index contributed by atoms with van der Waals surface area (Å²) in [7, 11) is -3.84. The Bertz CT molecular complexity index is 834. The van der Waals surface area contributed by atoms with Crippen molar-refractivity contribution in [1.82, 2.24) is 4.31 Å². The summed E-state index contributed by atoms with van der Waals surface area (Å²) in [6, 6.07) is 8.04. The molecule has 0 fully saturated rings. The van der Waals surface area contributed by atoms with Gasteiger partial charge in [-0.15, -0.1) is 0 Å². The third kappa shape index (κ3) is 3.71. The van der Waals surface area contributed by atoms with Crippen molar-refractivity contribution in [3.05, 3.63) is 41.5 Å². The van der Waals surface area contributed by atoms with E-state index in [0.29, 0.717) is 18.8 Å². The monoisotopic (exact) mass is 389 g/mol. The molecule has 1 aromatic carbocycles. The highest BCUT2D eigenvalue weighted by Crippen LogP contribution is 2.47. The van der Waals surface area contributed by atoms with Crippen LogP contribution in [0.2, 0.25) is 0 Å². The van der Waals surface area contributed by atoms with Crippen LogP contribution in [-0.2, 0) is 14.8 Å². The number of amides is 1. The maximum atomic E-state index is 13.3. The second kappa shape index (κ2) is 7.42. The lowest BCUT2D eigenvalue weighted by atomic mass is 9.70. The molecule has 148 valence electrons. The fourth-order valence-corrected chi connectivity index (χ4v) is 6.00. The number of nitrogens with zero attached hydrogens (tertiary/aromatic N) is 1. The van der Waals surface area contributed by atoms with E-state index in [-0.39, 0.29) is 22.3 Å². The highest BCUT2D eigenvalue weighted by atomic mass is 32.2. The Morgan fingerprint density at radius 2 is 1.81 bits per heavy atom. The van der Waals surface area contributed by atoms with Crippen molar-refractivity contribution >= 4 is 15.9 Å². The van der Waals surface area contributed by atoms with Gasteiger partial charge in [-0.3, -0.25) is 4.79 Å². The number of rotatable bonds is 5. The lowest BCUT2D eigenvalue weighted by Gasteiger charge is -2.35. The molecule has 1 aromatic rings. The zero-order chi connectivity index (χ0) is 19.8. The van der Waals surface area contributed by atoms with E-state index >= 15 is 0 Å². The highest BCUT2D eigenvalue weighted by molar-refractivity contribution is 7.89. The van der Waals surface area contributed by atoms with Gasteiger partial charge in [0.2, 0.25) is 0 Å². The third-order valence-corrected chi connectivity index (χ3v) is 7.90. The topological polar surface area (TPSA) is 54.5 Å². The highest BCUT2D eigenvalue weighted by Gasteiger charge is 2.48. The Balaban J connectivity index is 2.00. The Morgan fingerprint density at radius 3 is 2.41 bits per heavy atom. The second-order valence-corrected chi connectivity index (χ2v) is 10.7. The van der Waals surface area contributed by atoms with Crippen molar-refractivity contribution < 1.29 is 13.2 Å². The molecule has 1 unspecified atom stereocenters. The normalized spacial score (nSPS) is 23.7. The molecule has 27 heavy (non-hydrogen) atoms. The average molecular weight is 390 g/mol. The summed E-state index contributed by atoms with van der Waals surface area (Å²) in [5.41, 5.74) is 2.00. The Hall–Kier alpha value is -1.62. The summed E-state index contributed by atoms with van der Waals surface area (Å²) in [6.45, 7) is 8.81. The van der Waals surface area contributed by atoms with Gasteiger partial charge in [0.1, 0.15) is 0 Å². The molecule has 0 radical (unpaired) electrons. The molecule has 4 nitrogen and oxygen atoms in total. The summed E-state index contributed by atoms with van der Waals surface area (Å²) in [5.74, 6) is 0.190. The smallest absolute Gasteiger partial charge is 0.267 e. The van der Waals surface area contributed by atoms with Crippen molar-refractivity contribution in [2.75, 3.05) is 0 Å². The van der Waals surface area contributed by atoms with Gasteiger partial charge >= 0.3 is 0 Å². The summed E-state index contributed by atoms with van der Waals surface area (Å²) >= 11 is 0. The predicted molar refractivity (Wildman–Crippen MR) is 108 cm³/mol. The third-order valence-electron chi connectivity index (χ3n) is 6.10. The number of hydrogen-bond acceptors (Lipinski definition) is 3. The molecule has 1 amide bonds. The molecular weight excluding hydrogens is 358 g/mol. The minimum absolute atomic E-state index is 0.155. The van der Waals surface area contributed by atoms with Crippen LogP contribution in [-0.4, -0.2) is 24.7 Å². The van der Waals surface area contributed by atoms with E-state index in [2.05, 4.69) is 27.7 Å². The lowest BCUT2D eigenvalue weighted by molar-refractivity contribution is -0.122. The van der Waals surface area contributed by atoms with Gasteiger partial charge in [-0.2, -0.15) is 0 Å². The largest absolute Gasteiger partial charge is 0.268 e. The van der Waals surface area contributed by atoms with Gasteiger partial charge < -0.3 is 0 Å². The lowest BCUT2D eigenvalue weighted by Crippen LogP contribution is -2.41. The van der Waals surface area contributed by atoms with Crippen molar-refractivity contribution in [2.45, 2.75) is 77.2 Å². The zero-order valence-electron chi connectivity index (χ0n) is 16.9. The maximum Gasteiger partial charge on any atom is 0.267 e. The molecule has 0 spiro atoms. The van der Waals surface area contributed by atoms with Crippen LogP contribution < -0.4 is 0 Å². The van der Waals surface area contributed by atoms with Gasteiger partial charge in [0.15, 0.2) is 0 Å². The number of carbonyl (C=O) groups is 1. The number of hydrogen-bond donors (Lipinski definition) is 0. The van der Waals surface area contributed by atoms with Gasteiger partial charge in [0.05, 0.1) is 10.9 Å². The van der Waals surface area contributed by atoms with Crippen molar-refractivity contribution in [3.8, 4) is 0 Å². The second-order valence-electron chi connectivity index (χ2n) is 8.89. The summed E-state index contributed by atoms with van der Waals surface area (Å²) in [6.07, 6.45) is 5.09. The summed E-state index contributed by atoms with van der Waals surface area (Å²) in [5, 5.41) is 0. The summed E-state index contributed by atoms with van der Waals surface area (Å²) in [4.78, 5) is 13.4. The van der Waals surface area contributed by atoms with Gasteiger partial charge in [-0.1, -0.05) is 58.7 Å². The van der Waals surface area contributed by atoms with Gasteiger partial charge in [-0.05, 0) is 54.7 Å². The fourth-order valence-electron chi connectivity index (χ4n) is 4.38. The molecule has 1 aliphatic carbocycles. The first kappa shape index (κ1) is 20.1. The van der Waals surface area contributed by atoms with E-state index in [1.54, 1.807) is 30.3 Å². The van der Waals surface area contributed by atoms with Crippen molar-refractivity contribution in [2.24, 2.45) is 11.3 Å². The fraction of sp³-hybridized carbons (Fsp3) is 0.591. The molecule has 5 heteroatoms. The molecule has 1 heterocycles. The molecule has 3 rings (SSSR count). The van der Waals surface area contributed by atoms with Crippen LogP contribution in [0.1, 0.15) is 66.2 Å². The van der Waals surface area contributed by atoms with Crippen molar-refractivity contribution in [3.63, 3.8) is 0 Å². The molecule has 0 saturated heterocycles. The Kier molecular flexibility index (Phi) is 5.53. The van der Waals surface area contributed by atoms with Gasteiger partial charge in [-0.25, -0.2) is 12.7 Å². The minimum Gasteiger partial charge on any atom is -0.268 e. The average Bonchev–Trinajstić information content (AvgIpc) is 2.92. The maximum absolute atomic E-state index is 13.3. The standard InChI is InChI=1S/C22H31NO3S/c1-5-6-12-20-19-15-16(22(2,3)4)13-14-18(19)21(24)23(20)27(25,26)17-10-8-7-9-11-17/h7-11,16,20H,5-6,12-15H2,1-4H3/t16?,20-/m1/s1. The molecule has 0 N–H and O–H groups in total. The van der Waals surface area contributed by atoms with Crippen LogP contribution in [0.3, 0.4) is 0 Å². The predicted octanol–water partition coefficient (Wildman–Crippen LogP) is 4.92. The molecule has 2 aliphatic rings. The van der Waals surface area contributed by atoms with E-state index in [0.717, 1.165) is 36.8 Å². The molecule has 0 aromatic heterocycles. The first-order valence-corrected chi connectivity index (χ1v) is 11.5. The number of sulfonamides is 1. The van der Waals surface area contributed by atoms with Crippen LogP contribution >= 0.6 is 0 Å². The van der Waals surface area contributed by atoms with Crippen LogP contribution in [0.5, 0.6) is 0 Å². The van der Waals surface area contributed by atoms with E-state index in [1.165, 1.54) is 4.31 Å². The van der Waals surface area contributed by atoms with Gasteiger partial charge in [0.25, 0.3) is 15.9 Å². The molecular formula is C22H31NO3S. The first-order valence-electron chi connectivity index (χ1n) is 10.0. The molecule has 0 saturated carbocycles. The van der Waals surface area contributed by atoms with E-state index in [1.807, 2.05) is 0 Å². The zero-order valence-corrected chi connectivity index (χ0v) is 17.7. The number of unbranched alkanes of at least 4 members (excludes halogenated alkanes) is 1. The van der Waals surface area contributed by atoms with Gasteiger partial charge in [0, 0.05) is 5.57 Å². The molecule has 1 aliphatic heterocycles. The quantitative estimate of drug-likeness (QED) is 0.718. The van der Waals surface area contributed by atoms with E-state index in [4.69, 9.17) is 0 Å². The molecule has 0 bridgehead atoms. The number of benzene rings is 1. The van der Waals surface area contributed by atoms with E-state index in [9.17, 15) is 13.2 Å². The first-order chi connectivity index (χ1) is 12.7. The van der Waals surface area contributed by atoms with Crippen LogP contribution in [0.4, 0.5) is 0 Å². The SMILES string of the molecule is CCCC[C@@H]1C2=C(CCC(C(C)(C)C)C2)C(=O)N1S(=O)(=O)c1ccccc1. The van der Waals surface area contributed by atoms with Crippen LogP contribution in [0.25, 0.3) is 0 Å². The van der Waals surface area contributed by atoms with Crippen LogP contribution in [0, 0.1) is 11.3 Å². The Morgan fingerprint density at radius 1 is 1.15 bits per heavy atom. The Labute approximate surface area is 163 Å². The van der Waals surface area contributed by atoms with E-state index < -0.39 is 10.0 Å². The van der Waals surface area contributed by atoms with Crippen LogP contribution in [0.15, 0.2) is 46.4 Å².